The average molecular weight is 445 g/mol. The highest BCUT2D eigenvalue weighted by Crippen LogP contribution is 2.27. The smallest absolute Gasteiger partial charge is 0.311 e. The van der Waals surface area contributed by atoms with Gasteiger partial charge in [-0.1, -0.05) is 22.0 Å². The maximum absolute atomic E-state index is 12.3. The molecule has 7 heteroatoms. The number of halogens is 1. The molecule has 1 aliphatic heterocycles. The van der Waals surface area contributed by atoms with E-state index >= 15 is 0 Å². The fraction of sp³-hybridized carbons (Fsp3) is 0.286. The Morgan fingerprint density at radius 3 is 2.54 bits per heavy atom. The Kier molecular flexibility index (Phi) is 6.14. The van der Waals surface area contributed by atoms with Crippen LogP contribution >= 0.6 is 15.9 Å². The summed E-state index contributed by atoms with van der Waals surface area (Å²) in [5.74, 6) is -1.66. The van der Waals surface area contributed by atoms with Gasteiger partial charge in [-0.05, 0) is 61.4 Å². The van der Waals surface area contributed by atoms with Gasteiger partial charge in [0.15, 0.2) is 6.61 Å². The third-order valence-corrected chi connectivity index (χ3v) is 5.26. The molecule has 1 aliphatic rings. The minimum atomic E-state index is -0.578. The Morgan fingerprint density at radius 2 is 1.86 bits per heavy atom. The van der Waals surface area contributed by atoms with Crippen LogP contribution in [0.5, 0.6) is 0 Å². The number of amides is 2. The molecular formula is C21H21BrN2O4. The molecule has 1 saturated heterocycles. The molecule has 146 valence electrons. The first kappa shape index (κ1) is 20.1. The fourth-order valence-corrected chi connectivity index (χ4v) is 3.27. The number of nitrogens with zero attached hydrogens (tertiary/aromatic N) is 1. The Hall–Kier alpha value is -2.67. The maximum Gasteiger partial charge on any atom is 0.311 e. The van der Waals surface area contributed by atoms with Gasteiger partial charge in [-0.15, -0.1) is 0 Å². The number of carbonyl (C=O) groups excluding carboxylic acids is 3. The monoisotopic (exact) mass is 444 g/mol. The summed E-state index contributed by atoms with van der Waals surface area (Å²) in [5, 5.41) is 2.71. The highest BCUT2D eigenvalue weighted by atomic mass is 79.9. The molecule has 0 unspecified atom stereocenters. The molecule has 0 saturated carbocycles. The molecule has 3 rings (SSSR count). The van der Waals surface area contributed by atoms with Crippen LogP contribution in [0.4, 0.5) is 11.4 Å². The van der Waals surface area contributed by atoms with Crippen LogP contribution in [0, 0.1) is 19.8 Å². The molecule has 0 aromatic heterocycles. The molecule has 1 fully saturated rings. The van der Waals surface area contributed by atoms with E-state index in [4.69, 9.17) is 4.74 Å². The number of benzene rings is 2. The van der Waals surface area contributed by atoms with Crippen molar-refractivity contribution in [2.24, 2.45) is 5.92 Å². The lowest BCUT2D eigenvalue weighted by Crippen LogP contribution is -2.28. The van der Waals surface area contributed by atoms with E-state index in [-0.39, 0.29) is 25.5 Å². The van der Waals surface area contributed by atoms with E-state index in [9.17, 15) is 14.4 Å². The van der Waals surface area contributed by atoms with Gasteiger partial charge in [0.1, 0.15) is 0 Å². The van der Waals surface area contributed by atoms with Crippen LogP contribution in [0.15, 0.2) is 46.9 Å². The van der Waals surface area contributed by atoms with Crippen LogP contribution in [0.25, 0.3) is 0 Å². The Labute approximate surface area is 172 Å². The van der Waals surface area contributed by atoms with E-state index in [2.05, 4.69) is 21.2 Å². The van der Waals surface area contributed by atoms with Gasteiger partial charge in [-0.3, -0.25) is 14.4 Å². The van der Waals surface area contributed by atoms with E-state index in [0.717, 1.165) is 21.3 Å². The summed E-state index contributed by atoms with van der Waals surface area (Å²) in [5.41, 5.74) is 3.58. The van der Waals surface area contributed by atoms with Crippen molar-refractivity contribution in [2.75, 3.05) is 23.4 Å². The normalized spacial score (nSPS) is 16.2. The van der Waals surface area contributed by atoms with Crippen LogP contribution in [-0.2, 0) is 19.1 Å². The predicted molar refractivity (Wildman–Crippen MR) is 110 cm³/mol. The molecule has 0 radical (unpaired) electrons. The van der Waals surface area contributed by atoms with Crippen LogP contribution in [0.3, 0.4) is 0 Å². The predicted octanol–water partition coefficient (Wildman–Crippen LogP) is 3.60. The summed E-state index contributed by atoms with van der Waals surface area (Å²) < 4.78 is 6.04. The number of ether oxygens (including phenoxy) is 1. The number of rotatable bonds is 5. The van der Waals surface area contributed by atoms with Crippen LogP contribution in [0.1, 0.15) is 17.5 Å². The third kappa shape index (κ3) is 4.78. The van der Waals surface area contributed by atoms with Gasteiger partial charge in [-0.25, -0.2) is 0 Å². The van der Waals surface area contributed by atoms with Gasteiger partial charge < -0.3 is 15.0 Å². The van der Waals surface area contributed by atoms with Crippen molar-refractivity contribution in [3.05, 3.63) is 58.1 Å². The zero-order chi connectivity index (χ0) is 20.3. The first-order chi connectivity index (χ1) is 13.3. The van der Waals surface area contributed by atoms with Crippen molar-refractivity contribution in [2.45, 2.75) is 20.3 Å². The summed E-state index contributed by atoms with van der Waals surface area (Å²) in [6, 6.07) is 12.9. The standard InChI is InChI=1S/C21H21BrN2O4/c1-13-3-6-17(9-14(13)2)23-19(25)12-28-21(27)15-10-20(26)24(11-15)18-7-4-16(22)5-8-18/h3-9,15H,10-12H2,1-2H3,(H,23,25)/t15-/m0/s1. The Morgan fingerprint density at radius 1 is 1.14 bits per heavy atom. The maximum atomic E-state index is 12.3. The highest BCUT2D eigenvalue weighted by molar-refractivity contribution is 9.10. The molecule has 0 aliphatic carbocycles. The second kappa shape index (κ2) is 8.56. The third-order valence-electron chi connectivity index (χ3n) is 4.73. The van der Waals surface area contributed by atoms with Crippen molar-refractivity contribution < 1.29 is 19.1 Å². The van der Waals surface area contributed by atoms with Gasteiger partial charge in [-0.2, -0.15) is 0 Å². The number of nitrogens with one attached hydrogen (secondary N) is 1. The lowest BCUT2D eigenvalue weighted by atomic mass is 10.1. The number of hydrogen-bond donors (Lipinski definition) is 1. The number of aryl methyl sites for hydroxylation is 2. The van der Waals surface area contributed by atoms with Crippen LogP contribution in [0.2, 0.25) is 0 Å². The summed E-state index contributed by atoms with van der Waals surface area (Å²) in [6.07, 6.45) is 0.0771. The second-order valence-electron chi connectivity index (χ2n) is 6.84. The minimum absolute atomic E-state index is 0.0771. The van der Waals surface area contributed by atoms with Gasteiger partial charge in [0.05, 0.1) is 5.92 Å². The zero-order valence-corrected chi connectivity index (χ0v) is 17.3. The minimum Gasteiger partial charge on any atom is -0.455 e. The van der Waals surface area contributed by atoms with Gasteiger partial charge in [0.2, 0.25) is 5.91 Å². The Balaban J connectivity index is 1.52. The molecule has 2 aromatic rings. The number of esters is 1. The Bertz CT molecular complexity index is 911. The highest BCUT2D eigenvalue weighted by Gasteiger charge is 2.36. The van der Waals surface area contributed by atoms with Crippen molar-refractivity contribution in [1.29, 1.82) is 0 Å². The van der Waals surface area contributed by atoms with Gasteiger partial charge in [0.25, 0.3) is 5.91 Å². The van der Waals surface area contributed by atoms with Crippen molar-refractivity contribution >= 4 is 45.1 Å². The summed E-state index contributed by atoms with van der Waals surface area (Å²) in [6.45, 7) is 3.81. The van der Waals surface area contributed by atoms with E-state index in [0.29, 0.717) is 5.69 Å². The molecule has 28 heavy (non-hydrogen) atoms. The SMILES string of the molecule is Cc1ccc(NC(=O)COC(=O)[C@H]2CC(=O)N(c3ccc(Br)cc3)C2)cc1C. The van der Waals surface area contributed by atoms with E-state index in [1.54, 1.807) is 11.0 Å². The first-order valence-corrected chi connectivity index (χ1v) is 9.72. The van der Waals surface area contributed by atoms with Crippen LogP contribution < -0.4 is 10.2 Å². The number of carbonyl (C=O) groups is 3. The van der Waals surface area contributed by atoms with Gasteiger partial charge in [0, 0.05) is 28.8 Å². The van der Waals surface area contributed by atoms with Gasteiger partial charge >= 0.3 is 5.97 Å². The summed E-state index contributed by atoms with van der Waals surface area (Å²) >= 11 is 3.35. The molecule has 0 spiro atoms. The lowest BCUT2D eigenvalue weighted by Gasteiger charge is -2.16. The van der Waals surface area contributed by atoms with Crippen molar-refractivity contribution in [3.8, 4) is 0 Å². The molecule has 1 heterocycles. The van der Waals surface area contributed by atoms with E-state index in [1.165, 1.54) is 0 Å². The molecule has 6 nitrogen and oxygen atoms in total. The topological polar surface area (TPSA) is 75.7 Å². The molecule has 1 N–H and O–H groups in total. The molecule has 2 aromatic carbocycles. The molecule has 2 amide bonds. The van der Waals surface area contributed by atoms with E-state index in [1.807, 2.05) is 50.2 Å². The average Bonchev–Trinajstić information content (AvgIpc) is 3.05. The lowest BCUT2D eigenvalue weighted by molar-refractivity contribution is -0.151. The van der Waals surface area contributed by atoms with E-state index < -0.39 is 17.8 Å². The van der Waals surface area contributed by atoms with Crippen molar-refractivity contribution in [3.63, 3.8) is 0 Å². The van der Waals surface area contributed by atoms with Crippen molar-refractivity contribution in [1.82, 2.24) is 0 Å². The largest absolute Gasteiger partial charge is 0.455 e. The quantitative estimate of drug-likeness (QED) is 0.714. The second-order valence-corrected chi connectivity index (χ2v) is 7.75. The zero-order valence-electron chi connectivity index (χ0n) is 15.7. The molecule has 1 atom stereocenters. The van der Waals surface area contributed by atoms with Crippen LogP contribution in [-0.4, -0.2) is 30.9 Å². The summed E-state index contributed by atoms with van der Waals surface area (Å²) in [4.78, 5) is 38.1. The first-order valence-electron chi connectivity index (χ1n) is 8.93. The summed E-state index contributed by atoms with van der Waals surface area (Å²) in [7, 11) is 0. The number of anilines is 2. The molecular weight excluding hydrogens is 424 g/mol. The number of hydrogen-bond acceptors (Lipinski definition) is 4. The molecule has 0 bridgehead atoms. The fourth-order valence-electron chi connectivity index (χ4n) is 3.01.